The van der Waals surface area contributed by atoms with Crippen LogP contribution in [-0.4, -0.2) is 53.8 Å². The Morgan fingerprint density at radius 2 is 2.07 bits per heavy atom. The predicted octanol–water partition coefficient (Wildman–Crippen LogP) is 0.271. The topological polar surface area (TPSA) is 130 Å². The zero-order valence-corrected chi connectivity index (χ0v) is 17.4. The van der Waals surface area contributed by atoms with E-state index in [-0.39, 0.29) is 36.0 Å². The number of rotatable bonds is 4. The maximum Gasteiger partial charge on any atom is 0.281 e. The first-order chi connectivity index (χ1) is 14.3. The molecule has 2 aromatic heterocycles. The van der Waals surface area contributed by atoms with Crippen molar-refractivity contribution < 1.29 is 18.0 Å². The van der Waals surface area contributed by atoms with E-state index < -0.39 is 21.5 Å². The SMILES string of the molecule is Cc1nc2sccc2c(=O)n1NC(=O)c1cccc(S(=O)(=O)N2CCNC(=O)C2)c1. The minimum Gasteiger partial charge on any atom is -0.354 e. The molecule has 2 N–H and O–H groups in total. The van der Waals surface area contributed by atoms with Gasteiger partial charge in [-0.2, -0.15) is 4.31 Å². The number of aromatic nitrogens is 2. The first-order valence-electron chi connectivity index (χ1n) is 8.92. The van der Waals surface area contributed by atoms with Crippen molar-refractivity contribution in [3.63, 3.8) is 0 Å². The van der Waals surface area contributed by atoms with E-state index >= 15 is 0 Å². The second kappa shape index (κ2) is 7.63. The second-order valence-corrected chi connectivity index (χ2v) is 9.43. The lowest BCUT2D eigenvalue weighted by Crippen LogP contribution is -2.49. The number of carbonyl (C=O) groups excluding carboxylic acids is 2. The molecular weight excluding hydrogens is 430 g/mol. The average Bonchev–Trinajstić information content (AvgIpc) is 3.19. The molecule has 2 amide bonds. The van der Waals surface area contributed by atoms with Gasteiger partial charge < -0.3 is 5.32 Å². The number of nitrogens with zero attached hydrogens (tertiary/aromatic N) is 3. The summed E-state index contributed by atoms with van der Waals surface area (Å²) in [6.45, 7) is 1.67. The first kappa shape index (κ1) is 20.2. The summed E-state index contributed by atoms with van der Waals surface area (Å²) >= 11 is 1.32. The Bertz CT molecular complexity index is 1330. The number of thiophene rings is 1. The largest absolute Gasteiger partial charge is 0.354 e. The third-order valence-corrected chi connectivity index (χ3v) is 7.26. The number of amides is 2. The van der Waals surface area contributed by atoms with Crippen LogP contribution in [0.2, 0.25) is 0 Å². The molecule has 0 radical (unpaired) electrons. The zero-order chi connectivity index (χ0) is 21.5. The molecule has 0 spiro atoms. The highest BCUT2D eigenvalue weighted by Crippen LogP contribution is 2.18. The third kappa shape index (κ3) is 3.60. The lowest BCUT2D eigenvalue weighted by Gasteiger charge is -2.26. The molecule has 1 aliphatic heterocycles. The average molecular weight is 447 g/mol. The van der Waals surface area contributed by atoms with Crippen LogP contribution in [0.3, 0.4) is 0 Å². The number of hydrogen-bond acceptors (Lipinski definition) is 7. The molecule has 30 heavy (non-hydrogen) atoms. The van der Waals surface area contributed by atoms with Gasteiger partial charge in [-0.05, 0) is 36.6 Å². The molecule has 1 fully saturated rings. The monoisotopic (exact) mass is 447 g/mol. The second-order valence-electron chi connectivity index (χ2n) is 6.60. The van der Waals surface area contributed by atoms with Crippen molar-refractivity contribution in [2.24, 2.45) is 0 Å². The van der Waals surface area contributed by atoms with E-state index in [1.807, 2.05) is 0 Å². The van der Waals surface area contributed by atoms with Crippen molar-refractivity contribution in [1.29, 1.82) is 0 Å². The molecule has 1 aromatic carbocycles. The van der Waals surface area contributed by atoms with Crippen LogP contribution in [0, 0.1) is 6.92 Å². The van der Waals surface area contributed by atoms with Gasteiger partial charge in [0.1, 0.15) is 10.7 Å². The minimum absolute atomic E-state index is 0.0502. The molecule has 0 unspecified atom stereocenters. The summed E-state index contributed by atoms with van der Waals surface area (Å²) in [5, 5.41) is 4.68. The molecule has 3 aromatic rings. The Labute approximate surface area is 175 Å². The molecule has 1 saturated heterocycles. The van der Waals surface area contributed by atoms with Crippen LogP contribution in [-0.2, 0) is 14.8 Å². The van der Waals surface area contributed by atoms with Crippen LogP contribution >= 0.6 is 11.3 Å². The number of benzene rings is 1. The third-order valence-electron chi connectivity index (χ3n) is 4.62. The van der Waals surface area contributed by atoms with Crippen LogP contribution < -0.4 is 16.3 Å². The van der Waals surface area contributed by atoms with Crippen molar-refractivity contribution in [3.8, 4) is 0 Å². The van der Waals surface area contributed by atoms with Gasteiger partial charge in [0, 0.05) is 18.7 Å². The van der Waals surface area contributed by atoms with Crippen molar-refractivity contribution in [1.82, 2.24) is 19.3 Å². The number of carbonyl (C=O) groups is 2. The Morgan fingerprint density at radius 1 is 1.27 bits per heavy atom. The fourth-order valence-corrected chi connectivity index (χ4v) is 5.32. The molecule has 1 aliphatic rings. The molecule has 0 aliphatic carbocycles. The standard InChI is InChI=1S/C18H17N5O5S2/c1-11-20-17-14(5-8-29-17)18(26)23(11)21-16(25)12-3-2-4-13(9-12)30(27,28)22-7-6-19-15(24)10-22/h2-5,8-9H,6-7,10H2,1H3,(H,19,24)(H,21,25). The van der Waals surface area contributed by atoms with Gasteiger partial charge in [0.15, 0.2) is 0 Å². The zero-order valence-electron chi connectivity index (χ0n) is 15.8. The lowest BCUT2D eigenvalue weighted by molar-refractivity contribution is -0.122. The summed E-state index contributed by atoms with van der Waals surface area (Å²) in [5.74, 6) is -0.749. The molecule has 0 saturated carbocycles. The fourth-order valence-electron chi connectivity index (χ4n) is 3.08. The summed E-state index contributed by atoms with van der Waals surface area (Å²) in [5.41, 5.74) is 2.11. The van der Waals surface area contributed by atoms with E-state index in [1.54, 1.807) is 18.4 Å². The van der Waals surface area contributed by atoms with Crippen LogP contribution in [0.4, 0.5) is 0 Å². The minimum atomic E-state index is -3.95. The number of nitrogens with one attached hydrogen (secondary N) is 2. The highest BCUT2D eigenvalue weighted by atomic mass is 32.2. The molecule has 0 atom stereocenters. The Morgan fingerprint density at radius 3 is 2.83 bits per heavy atom. The Kier molecular flexibility index (Phi) is 5.13. The Balaban J connectivity index is 1.64. The van der Waals surface area contributed by atoms with Gasteiger partial charge in [0.05, 0.1) is 16.8 Å². The number of piperazine rings is 1. The van der Waals surface area contributed by atoms with Crippen molar-refractivity contribution >= 4 is 43.4 Å². The van der Waals surface area contributed by atoms with E-state index in [1.165, 1.54) is 35.6 Å². The van der Waals surface area contributed by atoms with Crippen molar-refractivity contribution in [3.05, 3.63) is 57.5 Å². The van der Waals surface area contributed by atoms with E-state index in [2.05, 4.69) is 15.7 Å². The first-order valence-corrected chi connectivity index (χ1v) is 11.2. The van der Waals surface area contributed by atoms with Gasteiger partial charge in [-0.1, -0.05) is 6.07 Å². The summed E-state index contributed by atoms with van der Waals surface area (Å²) in [4.78, 5) is 41.7. The van der Waals surface area contributed by atoms with Crippen LogP contribution in [0.25, 0.3) is 10.2 Å². The van der Waals surface area contributed by atoms with E-state index in [0.29, 0.717) is 16.0 Å². The van der Waals surface area contributed by atoms with Crippen molar-refractivity contribution in [2.45, 2.75) is 11.8 Å². The molecule has 12 heteroatoms. The van der Waals surface area contributed by atoms with Crippen LogP contribution in [0.1, 0.15) is 16.2 Å². The molecular formula is C18H17N5O5S2. The van der Waals surface area contributed by atoms with E-state index in [4.69, 9.17) is 0 Å². The van der Waals surface area contributed by atoms with Gasteiger partial charge >= 0.3 is 0 Å². The smallest absolute Gasteiger partial charge is 0.281 e. The molecule has 156 valence electrons. The highest BCUT2D eigenvalue weighted by molar-refractivity contribution is 7.89. The van der Waals surface area contributed by atoms with E-state index in [0.717, 1.165) is 8.98 Å². The number of sulfonamides is 1. The lowest BCUT2D eigenvalue weighted by atomic mass is 10.2. The van der Waals surface area contributed by atoms with Gasteiger partial charge in [-0.25, -0.2) is 18.1 Å². The fraction of sp³-hybridized carbons (Fsp3) is 0.222. The van der Waals surface area contributed by atoms with Gasteiger partial charge in [-0.3, -0.25) is 19.8 Å². The quantitative estimate of drug-likeness (QED) is 0.590. The normalized spacial score (nSPS) is 15.2. The number of aryl methyl sites for hydroxylation is 1. The molecule has 3 heterocycles. The summed E-state index contributed by atoms with van der Waals surface area (Å²) in [6.07, 6.45) is 0. The number of fused-ring (bicyclic) bond motifs is 1. The summed E-state index contributed by atoms with van der Waals surface area (Å²) in [7, 11) is -3.95. The molecule has 0 bridgehead atoms. The highest BCUT2D eigenvalue weighted by Gasteiger charge is 2.29. The van der Waals surface area contributed by atoms with Gasteiger partial charge in [-0.15, -0.1) is 11.3 Å². The van der Waals surface area contributed by atoms with E-state index in [9.17, 15) is 22.8 Å². The Hall–Kier alpha value is -3.09. The predicted molar refractivity (Wildman–Crippen MR) is 111 cm³/mol. The van der Waals surface area contributed by atoms with Crippen LogP contribution in [0.15, 0.2) is 45.4 Å². The maximum absolute atomic E-state index is 12.8. The van der Waals surface area contributed by atoms with Crippen molar-refractivity contribution in [2.75, 3.05) is 25.1 Å². The van der Waals surface area contributed by atoms with Gasteiger partial charge in [0.25, 0.3) is 11.5 Å². The molecule has 4 rings (SSSR count). The summed E-state index contributed by atoms with van der Waals surface area (Å²) in [6, 6.07) is 7.07. The van der Waals surface area contributed by atoms with Crippen LogP contribution in [0.5, 0.6) is 0 Å². The van der Waals surface area contributed by atoms with Gasteiger partial charge in [0.2, 0.25) is 15.9 Å². The summed E-state index contributed by atoms with van der Waals surface area (Å²) < 4.78 is 27.8. The molecule has 10 nitrogen and oxygen atoms in total. The maximum atomic E-state index is 12.8. The number of hydrogen-bond donors (Lipinski definition) is 2.